The van der Waals surface area contributed by atoms with Gasteiger partial charge in [0.2, 0.25) is 0 Å². The highest BCUT2D eigenvalue weighted by atomic mass is 16.7. The molecule has 0 amide bonds. The van der Waals surface area contributed by atoms with Gasteiger partial charge in [0.1, 0.15) is 12.7 Å². The fourth-order valence-electron chi connectivity index (χ4n) is 3.30. The molecule has 190 valence electrons. The third kappa shape index (κ3) is 9.67. The smallest absolute Gasteiger partial charge is 0.306 e. The summed E-state index contributed by atoms with van der Waals surface area (Å²) in [6, 6.07) is 0. The number of carbonyl (C=O) groups excluding carboxylic acids is 4. The Bertz CT molecular complexity index is 635. The number of ether oxygens (including phenoxy) is 6. The van der Waals surface area contributed by atoms with Crippen LogP contribution in [-0.4, -0.2) is 68.3 Å². The molecular weight excluding hydrogens is 436 g/mol. The number of carbonyl (C=O) groups is 4. The molecule has 10 nitrogen and oxygen atoms in total. The molecule has 0 aromatic heterocycles. The van der Waals surface area contributed by atoms with Crippen LogP contribution in [0, 0.1) is 0 Å². The lowest BCUT2D eigenvalue weighted by atomic mass is 9.98. The van der Waals surface area contributed by atoms with Gasteiger partial charge in [-0.05, 0) is 25.7 Å². The zero-order valence-corrected chi connectivity index (χ0v) is 20.3. The summed E-state index contributed by atoms with van der Waals surface area (Å²) < 4.78 is 33.3. The van der Waals surface area contributed by atoms with Crippen molar-refractivity contribution >= 4 is 23.9 Å². The molecular formula is C23H38O10. The van der Waals surface area contributed by atoms with E-state index in [2.05, 4.69) is 0 Å². The Hall–Kier alpha value is -2.20. The normalized spacial score (nSPS) is 24.6. The van der Waals surface area contributed by atoms with Crippen LogP contribution in [0.4, 0.5) is 0 Å². The number of esters is 4. The zero-order chi connectivity index (χ0) is 24.8. The fourth-order valence-corrected chi connectivity index (χ4v) is 3.30. The second-order valence-electron chi connectivity index (χ2n) is 7.83. The van der Waals surface area contributed by atoms with E-state index in [1.54, 1.807) is 0 Å². The molecule has 0 spiro atoms. The molecule has 0 N–H and O–H groups in total. The topological polar surface area (TPSA) is 124 Å². The average Bonchev–Trinajstić information content (AvgIpc) is 2.76. The van der Waals surface area contributed by atoms with E-state index in [0.29, 0.717) is 25.7 Å². The first-order valence-corrected chi connectivity index (χ1v) is 11.7. The first kappa shape index (κ1) is 28.8. The first-order valence-electron chi connectivity index (χ1n) is 11.7. The van der Waals surface area contributed by atoms with Crippen molar-refractivity contribution in [1.29, 1.82) is 0 Å². The minimum absolute atomic E-state index is 0.121. The molecule has 0 saturated carbocycles. The highest BCUT2D eigenvalue weighted by Crippen LogP contribution is 2.30. The van der Waals surface area contributed by atoms with Gasteiger partial charge in [0.25, 0.3) is 0 Å². The van der Waals surface area contributed by atoms with E-state index in [9.17, 15) is 19.2 Å². The van der Waals surface area contributed by atoms with E-state index in [1.807, 2.05) is 27.7 Å². The van der Waals surface area contributed by atoms with Gasteiger partial charge in [-0.15, -0.1) is 0 Å². The molecule has 10 heteroatoms. The summed E-state index contributed by atoms with van der Waals surface area (Å²) in [6.45, 7) is 7.04. The van der Waals surface area contributed by atoms with Crippen molar-refractivity contribution in [2.45, 2.75) is 110 Å². The highest BCUT2D eigenvalue weighted by Gasteiger charge is 2.53. The molecule has 1 fully saturated rings. The van der Waals surface area contributed by atoms with Crippen LogP contribution >= 0.6 is 0 Å². The van der Waals surface area contributed by atoms with E-state index >= 15 is 0 Å². The van der Waals surface area contributed by atoms with E-state index in [1.165, 1.54) is 7.11 Å². The van der Waals surface area contributed by atoms with Gasteiger partial charge in [-0.25, -0.2) is 0 Å². The Balaban J connectivity index is 3.27. The summed E-state index contributed by atoms with van der Waals surface area (Å²) >= 11 is 0. The number of hydrogen-bond acceptors (Lipinski definition) is 10. The monoisotopic (exact) mass is 474 g/mol. The van der Waals surface area contributed by atoms with Crippen LogP contribution in [0.3, 0.4) is 0 Å². The number of methoxy groups -OCH3 is 1. The Morgan fingerprint density at radius 1 is 0.636 bits per heavy atom. The fraction of sp³-hybridized carbons (Fsp3) is 0.826. The Morgan fingerprint density at radius 3 is 1.52 bits per heavy atom. The maximum atomic E-state index is 12.4. The SMILES string of the molecule is CCCC(=O)OC[C@H]1O[C@H](OC)[C@H](OC(=O)CCC)[C@@H](OC(=O)CCC)[C@H]1OC(=O)CCC. The summed E-state index contributed by atoms with van der Waals surface area (Å²) in [5.74, 6) is -2.06. The number of rotatable bonds is 14. The molecule has 1 heterocycles. The molecule has 0 aromatic carbocycles. The molecule has 1 rings (SSSR count). The lowest BCUT2D eigenvalue weighted by Gasteiger charge is -2.44. The van der Waals surface area contributed by atoms with E-state index < -0.39 is 54.6 Å². The predicted octanol–water partition coefficient (Wildman–Crippen LogP) is 2.84. The molecule has 33 heavy (non-hydrogen) atoms. The third-order valence-electron chi connectivity index (χ3n) is 4.85. The van der Waals surface area contributed by atoms with Crippen LogP contribution in [0.5, 0.6) is 0 Å². The summed E-state index contributed by atoms with van der Waals surface area (Å²) in [5.41, 5.74) is 0. The van der Waals surface area contributed by atoms with Crippen molar-refractivity contribution in [3.8, 4) is 0 Å². The summed E-state index contributed by atoms with van der Waals surface area (Å²) in [4.78, 5) is 49.0. The van der Waals surface area contributed by atoms with Crippen molar-refractivity contribution < 1.29 is 47.6 Å². The predicted molar refractivity (Wildman–Crippen MR) is 116 cm³/mol. The van der Waals surface area contributed by atoms with Gasteiger partial charge in [0, 0.05) is 32.8 Å². The van der Waals surface area contributed by atoms with Crippen LogP contribution in [0.2, 0.25) is 0 Å². The van der Waals surface area contributed by atoms with Crippen molar-refractivity contribution in [3.05, 3.63) is 0 Å². The molecule has 0 bridgehead atoms. The van der Waals surface area contributed by atoms with Gasteiger partial charge in [-0.1, -0.05) is 27.7 Å². The van der Waals surface area contributed by atoms with Crippen molar-refractivity contribution in [2.75, 3.05) is 13.7 Å². The van der Waals surface area contributed by atoms with Crippen LogP contribution in [0.15, 0.2) is 0 Å². The van der Waals surface area contributed by atoms with Crippen LogP contribution in [0.25, 0.3) is 0 Å². The van der Waals surface area contributed by atoms with Gasteiger partial charge in [0.15, 0.2) is 24.6 Å². The minimum atomic E-state index is -1.20. The van der Waals surface area contributed by atoms with Crippen molar-refractivity contribution in [3.63, 3.8) is 0 Å². The highest BCUT2D eigenvalue weighted by molar-refractivity contribution is 5.72. The lowest BCUT2D eigenvalue weighted by Crippen LogP contribution is -2.63. The van der Waals surface area contributed by atoms with Crippen molar-refractivity contribution in [1.82, 2.24) is 0 Å². The van der Waals surface area contributed by atoms with Gasteiger partial charge < -0.3 is 28.4 Å². The second-order valence-corrected chi connectivity index (χ2v) is 7.83. The maximum absolute atomic E-state index is 12.4. The van der Waals surface area contributed by atoms with Gasteiger partial charge in [-0.2, -0.15) is 0 Å². The summed E-state index contributed by atoms with van der Waals surface area (Å²) in [5, 5.41) is 0. The molecule has 0 radical (unpaired) electrons. The van der Waals surface area contributed by atoms with E-state index in [4.69, 9.17) is 28.4 Å². The third-order valence-corrected chi connectivity index (χ3v) is 4.85. The van der Waals surface area contributed by atoms with Gasteiger partial charge in [-0.3, -0.25) is 19.2 Å². The molecule has 1 aliphatic rings. The van der Waals surface area contributed by atoms with Gasteiger partial charge >= 0.3 is 23.9 Å². The zero-order valence-electron chi connectivity index (χ0n) is 20.3. The Kier molecular flexibility index (Phi) is 13.6. The largest absolute Gasteiger partial charge is 0.463 e. The summed E-state index contributed by atoms with van der Waals surface area (Å²) in [6.07, 6.45) is -2.80. The number of hydrogen-bond donors (Lipinski definition) is 0. The molecule has 0 unspecified atom stereocenters. The second kappa shape index (κ2) is 15.6. The maximum Gasteiger partial charge on any atom is 0.306 e. The molecule has 0 aliphatic carbocycles. The van der Waals surface area contributed by atoms with Gasteiger partial charge in [0.05, 0.1) is 0 Å². The van der Waals surface area contributed by atoms with E-state index in [-0.39, 0.29) is 32.3 Å². The Labute approximate surface area is 195 Å². The molecule has 5 atom stereocenters. The van der Waals surface area contributed by atoms with E-state index in [0.717, 1.165) is 0 Å². The van der Waals surface area contributed by atoms with Crippen LogP contribution in [0.1, 0.15) is 79.1 Å². The Morgan fingerprint density at radius 2 is 1.06 bits per heavy atom. The minimum Gasteiger partial charge on any atom is -0.463 e. The average molecular weight is 475 g/mol. The lowest BCUT2D eigenvalue weighted by molar-refractivity contribution is -0.303. The standard InChI is InChI=1S/C23H38O10/c1-6-10-16(24)29-14-15-20(31-17(25)11-7-2)21(32-18(26)12-8-3)22(23(28-5)30-15)33-19(27)13-9-4/h15,20-23H,6-14H2,1-5H3/t15-,20+,21+,22-,23+/m1/s1. The molecule has 1 saturated heterocycles. The van der Waals surface area contributed by atoms with Crippen LogP contribution < -0.4 is 0 Å². The quantitative estimate of drug-likeness (QED) is 0.274. The first-order chi connectivity index (χ1) is 15.8. The summed E-state index contributed by atoms with van der Waals surface area (Å²) in [7, 11) is 1.35. The van der Waals surface area contributed by atoms with Crippen molar-refractivity contribution in [2.24, 2.45) is 0 Å². The van der Waals surface area contributed by atoms with Crippen LogP contribution in [-0.2, 0) is 47.6 Å². The molecule has 1 aliphatic heterocycles. The molecule has 0 aromatic rings.